The van der Waals surface area contributed by atoms with Crippen LogP contribution >= 0.6 is 27.5 Å². The molecular weight excluding hydrogens is 344 g/mol. The third-order valence-electron chi connectivity index (χ3n) is 2.98. The molecule has 1 aromatic heterocycles. The molecule has 0 aliphatic carbocycles. The molecule has 3 rings (SSSR count). The van der Waals surface area contributed by atoms with Crippen molar-refractivity contribution in [2.75, 3.05) is 0 Å². The Morgan fingerprint density at radius 1 is 1.30 bits per heavy atom. The van der Waals surface area contributed by atoms with Crippen molar-refractivity contribution in [2.45, 2.75) is 0 Å². The van der Waals surface area contributed by atoms with Crippen molar-refractivity contribution in [1.29, 1.82) is 0 Å². The molecule has 2 aromatic carbocycles. The van der Waals surface area contributed by atoms with Gasteiger partial charge in [-0.25, -0.2) is 9.78 Å². The van der Waals surface area contributed by atoms with Crippen molar-refractivity contribution in [3.63, 3.8) is 0 Å². The lowest BCUT2D eigenvalue weighted by Crippen LogP contribution is -1.98. The van der Waals surface area contributed by atoms with Crippen molar-refractivity contribution in [1.82, 2.24) is 9.55 Å². The molecule has 3 aromatic rings. The highest BCUT2D eigenvalue weighted by Gasteiger charge is 2.12. The monoisotopic (exact) mass is 350 g/mol. The normalized spacial score (nSPS) is 10.9. The molecule has 0 radical (unpaired) electrons. The first-order chi connectivity index (χ1) is 9.58. The first-order valence-electron chi connectivity index (χ1n) is 5.72. The number of nitrogens with zero attached hydrogens (tertiary/aromatic N) is 2. The number of halogens is 2. The van der Waals surface area contributed by atoms with Crippen molar-refractivity contribution in [3.05, 3.63) is 57.8 Å². The van der Waals surface area contributed by atoms with Gasteiger partial charge in [0.2, 0.25) is 0 Å². The summed E-state index contributed by atoms with van der Waals surface area (Å²) in [6.07, 6.45) is 1.65. The Bertz CT molecular complexity index is 829. The summed E-state index contributed by atoms with van der Waals surface area (Å²) in [5.74, 6) is -0.968. The average Bonchev–Trinajstić information content (AvgIpc) is 2.84. The fourth-order valence-corrected chi connectivity index (χ4v) is 2.64. The van der Waals surface area contributed by atoms with Crippen molar-refractivity contribution in [2.24, 2.45) is 0 Å². The van der Waals surface area contributed by atoms with E-state index in [-0.39, 0.29) is 5.56 Å². The van der Waals surface area contributed by atoms with Crippen LogP contribution in [-0.2, 0) is 0 Å². The smallest absolute Gasteiger partial charge is 0.335 e. The summed E-state index contributed by atoms with van der Waals surface area (Å²) >= 11 is 9.53. The highest BCUT2D eigenvalue weighted by atomic mass is 79.9. The van der Waals surface area contributed by atoms with Crippen LogP contribution in [0.25, 0.3) is 16.7 Å². The molecule has 1 heterocycles. The van der Waals surface area contributed by atoms with E-state index in [9.17, 15) is 4.79 Å². The minimum absolute atomic E-state index is 0.220. The molecule has 4 nitrogen and oxygen atoms in total. The summed E-state index contributed by atoms with van der Waals surface area (Å²) in [4.78, 5) is 15.3. The van der Waals surface area contributed by atoms with Crippen molar-refractivity contribution in [3.8, 4) is 5.69 Å². The van der Waals surface area contributed by atoms with Gasteiger partial charge in [-0.15, -0.1) is 0 Å². The number of rotatable bonds is 2. The minimum atomic E-state index is -0.968. The summed E-state index contributed by atoms with van der Waals surface area (Å²) in [6.45, 7) is 0. The molecule has 0 fully saturated rings. The summed E-state index contributed by atoms with van der Waals surface area (Å²) in [5, 5.41) is 9.66. The van der Waals surface area contributed by atoms with E-state index in [2.05, 4.69) is 20.9 Å². The summed E-state index contributed by atoms with van der Waals surface area (Å²) < 4.78 is 2.54. The Balaban J connectivity index is 2.28. The number of hydrogen-bond acceptors (Lipinski definition) is 2. The van der Waals surface area contributed by atoms with Crippen LogP contribution in [0, 0.1) is 0 Å². The van der Waals surface area contributed by atoms with Gasteiger partial charge in [-0.3, -0.25) is 4.57 Å². The highest BCUT2D eigenvalue weighted by molar-refractivity contribution is 9.10. The number of carbonyl (C=O) groups is 1. The Kier molecular flexibility index (Phi) is 3.23. The van der Waals surface area contributed by atoms with Gasteiger partial charge < -0.3 is 5.11 Å². The zero-order valence-corrected chi connectivity index (χ0v) is 12.4. The Hall–Kier alpha value is -1.85. The fourth-order valence-electron chi connectivity index (χ4n) is 2.01. The van der Waals surface area contributed by atoms with Gasteiger partial charge >= 0.3 is 5.97 Å². The standard InChI is InChI=1S/C14H8BrClN2O2/c15-13-9(16)2-1-3-11(13)18-7-17-10-5-4-8(14(19)20)6-12(10)18/h1-7H,(H,19,20). The molecule has 100 valence electrons. The molecule has 0 aliphatic rings. The van der Waals surface area contributed by atoms with Gasteiger partial charge in [0.15, 0.2) is 0 Å². The zero-order valence-electron chi connectivity index (χ0n) is 10.0. The number of carboxylic acid groups (broad SMARTS) is 1. The summed E-state index contributed by atoms with van der Waals surface area (Å²) in [5.41, 5.74) is 2.47. The third-order valence-corrected chi connectivity index (χ3v) is 4.36. The second-order valence-corrected chi connectivity index (χ2v) is 5.40. The van der Waals surface area contributed by atoms with Crippen LogP contribution in [0.3, 0.4) is 0 Å². The van der Waals surface area contributed by atoms with Crippen molar-refractivity contribution < 1.29 is 9.90 Å². The Morgan fingerprint density at radius 3 is 2.85 bits per heavy atom. The van der Waals surface area contributed by atoms with Crippen LogP contribution in [-0.4, -0.2) is 20.6 Å². The van der Waals surface area contributed by atoms with Gasteiger partial charge in [-0.2, -0.15) is 0 Å². The quantitative estimate of drug-likeness (QED) is 0.755. The van der Waals surface area contributed by atoms with Gasteiger partial charge in [-0.1, -0.05) is 17.7 Å². The number of hydrogen-bond donors (Lipinski definition) is 1. The molecule has 1 N–H and O–H groups in total. The van der Waals surface area contributed by atoms with E-state index in [1.165, 1.54) is 6.07 Å². The van der Waals surface area contributed by atoms with E-state index >= 15 is 0 Å². The van der Waals surface area contributed by atoms with E-state index in [0.717, 1.165) is 15.7 Å². The topological polar surface area (TPSA) is 55.1 Å². The first-order valence-corrected chi connectivity index (χ1v) is 6.90. The van der Waals surface area contributed by atoms with E-state index in [1.807, 2.05) is 12.1 Å². The molecule has 0 spiro atoms. The largest absolute Gasteiger partial charge is 0.478 e. The molecule has 0 amide bonds. The van der Waals surface area contributed by atoms with Gasteiger partial charge in [0.1, 0.15) is 6.33 Å². The van der Waals surface area contributed by atoms with Gasteiger partial charge in [-0.05, 0) is 46.3 Å². The minimum Gasteiger partial charge on any atom is -0.478 e. The zero-order chi connectivity index (χ0) is 14.3. The van der Waals surface area contributed by atoms with Gasteiger partial charge in [0.05, 0.1) is 31.8 Å². The number of benzene rings is 2. The lowest BCUT2D eigenvalue weighted by atomic mass is 10.2. The maximum absolute atomic E-state index is 11.1. The summed E-state index contributed by atoms with van der Waals surface area (Å²) in [6, 6.07) is 10.3. The van der Waals surface area contributed by atoms with Gasteiger partial charge in [0.25, 0.3) is 0 Å². The molecule has 0 bridgehead atoms. The van der Waals surface area contributed by atoms with Crippen LogP contribution in [0.4, 0.5) is 0 Å². The van der Waals surface area contributed by atoms with Gasteiger partial charge in [0, 0.05) is 0 Å². The molecule has 0 saturated heterocycles. The van der Waals surface area contributed by atoms with Crippen LogP contribution < -0.4 is 0 Å². The van der Waals surface area contributed by atoms with E-state index < -0.39 is 5.97 Å². The van der Waals surface area contributed by atoms with Crippen LogP contribution in [0.15, 0.2) is 47.2 Å². The predicted octanol–water partition coefficient (Wildman–Crippen LogP) is 4.14. The number of imidazole rings is 1. The van der Waals surface area contributed by atoms with E-state index in [1.54, 1.807) is 29.1 Å². The molecular formula is C14H8BrClN2O2. The van der Waals surface area contributed by atoms with Crippen LogP contribution in [0.1, 0.15) is 10.4 Å². The number of aromatic nitrogens is 2. The van der Waals surface area contributed by atoms with Crippen LogP contribution in [0.2, 0.25) is 5.02 Å². The maximum Gasteiger partial charge on any atom is 0.335 e. The molecule has 0 aliphatic heterocycles. The maximum atomic E-state index is 11.1. The molecule has 0 atom stereocenters. The fraction of sp³-hybridized carbons (Fsp3) is 0. The predicted molar refractivity (Wildman–Crippen MR) is 80.7 cm³/mol. The lowest BCUT2D eigenvalue weighted by Gasteiger charge is -2.08. The number of fused-ring (bicyclic) bond motifs is 1. The molecule has 0 unspecified atom stereocenters. The number of aromatic carboxylic acids is 1. The molecule has 6 heteroatoms. The van der Waals surface area contributed by atoms with Crippen LogP contribution in [0.5, 0.6) is 0 Å². The second kappa shape index (κ2) is 4.92. The lowest BCUT2D eigenvalue weighted by molar-refractivity contribution is 0.0697. The molecule has 0 saturated carbocycles. The Morgan fingerprint density at radius 2 is 2.10 bits per heavy atom. The first kappa shape index (κ1) is 13.1. The molecule has 20 heavy (non-hydrogen) atoms. The third kappa shape index (κ3) is 2.09. The average molecular weight is 352 g/mol. The number of carboxylic acids is 1. The Labute approximate surface area is 127 Å². The SMILES string of the molecule is O=C(O)c1ccc2ncn(-c3cccc(Cl)c3Br)c2c1. The second-order valence-electron chi connectivity index (χ2n) is 4.20. The van der Waals surface area contributed by atoms with Crippen molar-refractivity contribution >= 4 is 44.5 Å². The highest BCUT2D eigenvalue weighted by Crippen LogP contribution is 2.31. The summed E-state index contributed by atoms with van der Waals surface area (Å²) in [7, 11) is 0. The van der Waals surface area contributed by atoms with E-state index in [4.69, 9.17) is 16.7 Å². The van der Waals surface area contributed by atoms with E-state index in [0.29, 0.717) is 10.5 Å².